The normalized spacial score (nSPS) is 11.3. The minimum Gasteiger partial charge on any atom is -0.372 e. The largest absolute Gasteiger partial charge is 0.372 e. The molecule has 0 saturated heterocycles. The van der Waals surface area contributed by atoms with E-state index in [2.05, 4.69) is 28.1 Å². The van der Waals surface area contributed by atoms with Crippen LogP contribution in [0.5, 0.6) is 0 Å². The molecule has 0 aromatic heterocycles. The Hall–Kier alpha value is -1.52. The number of nitriles is 2. The Morgan fingerprint density at radius 1 is 1.44 bits per heavy atom. The third-order valence-corrected chi connectivity index (χ3v) is 2.89. The Morgan fingerprint density at radius 2 is 2.12 bits per heavy atom. The van der Waals surface area contributed by atoms with E-state index in [9.17, 15) is 0 Å². The van der Waals surface area contributed by atoms with Crippen molar-refractivity contribution >= 4 is 21.6 Å². The first-order chi connectivity index (χ1) is 7.58. The van der Waals surface area contributed by atoms with Crippen LogP contribution in [0.3, 0.4) is 0 Å². The molecule has 0 aliphatic rings. The zero-order valence-electron chi connectivity index (χ0n) is 9.24. The van der Waals surface area contributed by atoms with Crippen LogP contribution in [-0.2, 0) is 0 Å². The van der Waals surface area contributed by atoms with Crippen LogP contribution in [0.25, 0.3) is 0 Å². The molecule has 0 aliphatic heterocycles. The smallest absolute Gasteiger partial charge is 0.0992 e. The number of halogens is 1. The number of hydrogen-bond acceptors (Lipinski definition) is 3. The second-order valence-electron chi connectivity index (χ2n) is 3.69. The van der Waals surface area contributed by atoms with E-state index in [1.54, 1.807) is 12.1 Å². The fraction of sp³-hybridized carbons (Fsp3) is 0.333. The van der Waals surface area contributed by atoms with Crippen molar-refractivity contribution in [2.24, 2.45) is 5.92 Å². The van der Waals surface area contributed by atoms with Crippen molar-refractivity contribution < 1.29 is 0 Å². The first-order valence-electron chi connectivity index (χ1n) is 4.89. The highest BCUT2D eigenvalue weighted by Gasteiger charge is 2.09. The quantitative estimate of drug-likeness (QED) is 0.854. The molecule has 1 rings (SSSR count). The molecule has 1 aromatic rings. The molecule has 0 radical (unpaired) electrons. The maximum absolute atomic E-state index is 8.75. The zero-order chi connectivity index (χ0) is 12.1. The van der Waals surface area contributed by atoms with E-state index in [-0.39, 0.29) is 5.92 Å². The zero-order valence-corrected chi connectivity index (χ0v) is 10.8. The third-order valence-electron chi connectivity index (χ3n) is 2.26. The van der Waals surface area contributed by atoms with Gasteiger partial charge in [-0.2, -0.15) is 10.5 Å². The maximum Gasteiger partial charge on any atom is 0.0992 e. The molecule has 16 heavy (non-hydrogen) atoms. The summed E-state index contributed by atoms with van der Waals surface area (Å²) in [6, 6.07) is 9.72. The molecule has 1 unspecified atom stereocenters. The third kappa shape index (κ3) is 2.98. The van der Waals surface area contributed by atoms with Crippen molar-refractivity contribution in [2.75, 3.05) is 18.5 Å². The van der Waals surface area contributed by atoms with Gasteiger partial charge in [0.25, 0.3) is 0 Å². The summed E-state index contributed by atoms with van der Waals surface area (Å²) in [5, 5.41) is 17.5. The highest BCUT2D eigenvalue weighted by molar-refractivity contribution is 9.10. The van der Waals surface area contributed by atoms with E-state index in [0.29, 0.717) is 12.1 Å². The van der Waals surface area contributed by atoms with Gasteiger partial charge in [0.2, 0.25) is 0 Å². The predicted molar refractivity (Wildman–Crippen MR) is 66.9 cm³/mol. The van der Waals surface area contributed by atoms with Crippen molar-refractivity contribution in [3.63, 3.8) is 0 Å². The first-order valence-corrected chi connectivity index (χ1v) is 5.68. The van der Waals surface area contributed by atoms with Gasteiger partial charge in [0.15, 0.2) is 0 Å². The maximum atomic E-state index is 8.75. The van der Waals surface area contributed by atoms with Gasteiger partial charge in [-0.3, -0.25) is 0 Å². The topological polar surface area (TPSA) is 50.8 Å². The fourth-order valence-corrected chi connectivity index (χ4v) is 2.12. The van der Waals surface area contributed by atoms with Gasteiger partial charge in [0.05, 0.1) is 29.3 Å². The van der Waals surface area contributed by atoms with Gasteiger partial charge < -0.3 is 4.90 Å². The van der Waals surface area contributed by atoms with Gasteiger partial charge >= 0.3 is 0 Å². The van der Waals surface area contributed by atoms with Crippen LogP contribution in [0.1, 0.15) is 12.5 Å². The number of rotatable bonds is 3. The van der Waals surface area contributed by atoms with Crippen LogP contribution < -0.4 is 4.90 Å². The Bertz CT molecular complexity index is 456. The SMILES string of the molecule is CC(C#N)CN(C)c1ccc(C#N)cc1Br. The molecule has 0 amide bonds. The van der Waals surface area contributed by atoms with Crippen molar-refractivity contribution in [1.82, 2.24) is 0 Å². The summed E-state index contributed by atoms with van der Waals surface area (Å²) in [6.07, 6.45) is 0. The number of hydrogen-bond donors (Lipinski definition) is 0. The van der Waals surface area contributed by atoms with Gasteiger partial charge in [0, 0.05) is 18.1 Å². The lowest BCUT2D eigenvalue weighted by molar-refractivity contribution is 0.715. The minimum atomic E-state index is -0.0208. The van der Waals surface area contributed by atoms with Crippen LogP contribution in [-0.4, -0.2) is 13.6 Å². The lowest BCUT2D eigenvalue weighted by Gasteiger charge is -2.21. The monoisotopic (exact) mass is 277 g/mol. The molecular weight excluding hydrogens is 266 g/mol. The van der Waals surface area contributed by atoms with Crippen molar-refractivity contribution in [2.45, 2.75) is 6.92 Å². The average molecular weight is 278 g/mol. The van der Waals surface area contributed by atoms with Crippen LogP contribution >= 0.6 is 15.9 Å². The summed E-state index contributed by atoms with van der Waals surface area (Å²) < 4.78 is 0.874. The van der Waals surface area contributed by atoms with Crippen molar-refractivity contribution in [1.29, 1.82) is 10.5 Å². The van der Waals surface area contributed by atoms with E-state index in [1.807, 2.05) is 24.9 Å². The fourth-order valence-electron chi connectivity index (χ4n) is 1.44. The average Bonchev–Trinajstić information content (AvgIpc) is 2.28. The van der Waals surface area contributed by atoms with E-state index < -0.39 is 0 Å². The van der Waals surface area contributed by atoms with Crippen LogP contribution in [0.15, 0.2) is 22.7 Å². The molecule has 0 saturated carbocycles. The summed E-state index contributed by atoms with van der Waals surface area (Å²) in [5.74, 6) is -0.0208. The van der Waals surface area contributed by atoms with E-state index in [1.165, 1.54) is 0 Å². The molecular formula is C12H12BrN3. The predicted octanol–water partition coefficient (Wildman–Crippen LogP) is 2.92. The lowest BCUT2D eigenvalue weighted by Crippen LogP contribution is -2.23. The second kappa shape index (κ2) is 5.53. The van der Waals surface area contributed by atoms with Gasteiger partial charge in [-0.25, -0.2) is 0 Å². The molecule has 1 atom stereocenters. The number of nitrogens with zero attached hydrogens (tertiary/aromatic N) is 3. The summed E-state index contributed by atoms with van der Waals surface area (Å²) in [5.41, 5.74) is 1.61. The molecule has 0 spiro atoms. The van der Waals surface area contributed by atoms with Gasteiger partial charge in [-0.05, 0) is 41.1 Å². The van der Waals surface area contributed by atoms with Crippen LogP contribution in [0.4, 0.5) is 5.69 Å². The van der Waals surface area contributed by atoms with Gasteiger partial charge in [-0.15, -0.1) is 0 Å². The van der Waals surface area contributed by atoms with Crippen LogP contribution in [0, 0.1) is 28.6 Å². The molecule has 4 heteroatoms. The highest BCUT2D eigenvalue weighted by atomic mass is 79.9. The molecule has 0 bridgehead atoms. The molecule has 3 nitrogen and oxygen atoms in total. The Balaban J connectivity index is 2.89. The van der Waals surface area contributed by atoms with E-state index >= 15 is 0 Å². The lowest BCUT2D eigenvalue weighted by atomic mass is 10.1. The standard InChI is InChI=1S/C12H12BrN3/c1-9(6-14)8-16(2)12-4-3-10(7-15)5-11(12)13/h3-5,9H,8H2,1-2H3. The van der Waals surface area contributed by atoms with Gasteiger partial charge in [0.1, 0.15) is 0 Å². The van der Waals surface area contributed by atoms with Crippen molar-refractivity contribution in [3.8, 4) is 12.1 Å². The van der Waals surface area contributed by atoms with Gasteiger partial charge in [-0.1, -0.05) is 0 Å². The molecule has 0 heterocycles. The molecule has 0 fully saturated rings. The summed E-state index contributed by atoms with van der Waals surface area (Å²) in [7, 11) is 1.93. The highest BCUT2D eigenvalue weighted by Crippen LogP contribution is 2.26. The minimum absolute atomic E-state index is 0.0208. The Morgan fingerprint density at radius 3 is 2.62 bits per heavy atom. The Labute approximate surface area is 104 Å². The Kier molecular flexibility index (Phi) is 4.34. The second-order valence-corrected chi connectivity index (χ2v) is 4.54. The summed E-state index contributed by atoms with van der Waals surface area (Å²) in [6.45, 7) is 2.55. The summed E-state index contributed by atoms with van der Waals surface area (Å²) >= 11 is 3.42. The van der Waals surface area contributed by atoms with Crippen molar-refractivity contribution in [3.05, 3.63) is 28.2 Å². The summed E-state index contributed by atoms with van der Waals surface area (Å²) in [4.78, 5) is 2.00. The molecule has 0 N–H and O–H groups in total. The number of anilines is 1. The first kappa shape index (κ1) is 12.5. The van der Waals surface area contributed by atoms with Crippen LogP contribution in [0.2, 0.25) is 0 Å². The molecule has 1 aromatic carbocycles. The number of benzene rings is 1. The van der Waals surface area contributed by atoms with E-state index in [0.717, 1.165) is 10.2 Å². The molecule has 82 valence electrons. The van der Waals surface area contributed by atoms with E-state index in [4.69, 9.17) is 10.5 Å². The molecule has 0 aliphatic carbocycles.